The van der Waals surface area contributed by atoms with E-state index in [9.17, 15) is 4.39 Å². The maximum Gasteiger partial charge on any atom is 0.150 e. The van der Waals surface area contributed by atoms with Crippen LogP contribution in [0.1, 0.15) is 5.56 Å². The fourth-order valence-electron chi connectivity index (χ4n) is 1.41. The van der Waals surface area contributed by atoms with E-state index in [1.165, 1.54) is 12.1 Å². The molecule has 0 saturated heterocycles. The molecule has 0 bridgehead atoms. The van der Waals surface area contributed by atoms with E-state index in [1.807, 2.05) is 6.92 Å². The summed E-state index contributed by atoms with van der Waals surface area (Å²) in [5.41, 5.74) is 7.01. The molecule has 0 aliphatic rings. The lowest BCUT2D eigenvalue weighted by atomic mass is 10.2. The predicted molar refractivity (Wildman–Crippen MR) is 67.1 cm³/mol. The topological polar surface area (TPSA) is 35.2 Å². The Hall–Kier alpha value is -1.74. The standard InChI is InChI=1S/C13H11ClFNO/c1-8-2-4-10(15)7-13(8)17-12-5-3-9(14)6-11(12)16/h2-7H,16H2,1H3. The van der Waals surface area contributed by atoms with Gasteiger partial charge in [-0.1, -0.05) is 17.7 Å². The Balaban J connectivity index is 2.34. The summed E-state index contributed by atoms with van der Waals surface area (Å²) in [5, 5.41) is 0.533. The van der Waals surface area contributed by atoms with Gasteiger partial charge in [0.1, 0.15) is 17.3 Å². The van der Waals surface area contributed by atoms with E-state index < -0.39 is 0 Å². The molecular formula is C13H11ClFNO. The molecule has 0 atom stereocenters. The largest absolute Gasteiger partial charge is 0.455 e. The Bertz CT molecular complexity index is 557. The maximum absolute atomic E-state index is 13.1. The summed E-state index contributed by atoms with van der Waals surface area (Å²) >= 11 is 5.78. The monoisotopic (exact) mass is 251 g/mol. The highest BCUT2D eigenvalue weighted by Gasteiger charge is 2.06. The van der Waals surface area contributed by atoms with E-state index >= 15 is 0 Å². The van der Waals surface area contributed by atoms with Gasteiger partial charge in [-0.05, 0) is 36.8 Å². The Morgan fingerprint density at radius 3 is 2.59 bits per heavy atom. The molecule has 0 heterocycles. The van der Waals surface area contributed by atoms with Crippen LogP contribution in [-0.2, 0) is 0 Å². The van der Waals surface area contributed by atoms with E-state index in [1.54, 1.807) is 24.3 Å². The molecule has 0 fully saturated rings. The lowest BCUT2D eigenvalue weighted by Crippen LogP contribution is -1.94. The number of rotatable bonds is 2. The highest BCUT2D eigenvalue weighted by Crippen LogP contribution is 2.31. The van der Waals surface area contributed by atoms with Crippen LogP contribution in [0, 0.1) is 12.7 Å². The van der Waals surface area contributed by atoms with Gasteiger partial charge in [0, 0.05) is 11.1 Å². The highest BCUT2D eigenvalue weighted by atomic mass is 35.5. The van der Waals surface area contributed by atoms with Gasteiger partial charge in [0.25, 0.3) is 0 Å². The molecule has 0 aromatic heterocycles. The third-order valence-electron chi connectivity index (χ3n) is 2.34. The minimum absolute atomic E-state index is 0.349. The van der Waals surface area contributed by atoms with Crippen LogP contribution in [0.3, 0.4) is 0 Å². The summed E-state index contributed by atoms with van der Waals surface area (Å²) in [4.78, 5) is 0. The molecule has 0 aliphatic heterocycles. The molecule has 2 rings (SSSR count). The zero-order valence-corrected chi connectivity index (χ0v) is 9.96. The minimum atomic E-state index is -0.349. The van der Waals surface area contributed by atoms with Gasteiger partial charge < -0.3 is 10.5 Å². The first-order valence-corrected chi connectivity index (χ1v) is 5.43. The molecule has 88 valence electrons. The van der Waals surface area contributed by atoms with E-state index in [-0.39, 0.29) is 5.82 Å². The lowest BCUT2D eigenvalue weighted by Gasteiger charge is -2.10. The molecule has 0 saturated carbocycles. The van der Waals surface area contributed by atoms with Gasteiger partial charge >= 0.3 is 0 Å². The van der Waals surface area contributed by atoms with Crippen molar-refractivity contribution in [3.8, 4) is 11.5 Å². The summed E-state index contributed by atoms with van der Waals surface area (Å²) < 4.78 is 18.6. The average Bonchev–Trinajstić information content (AvgIpc) is 2.27. The Kier molecular flexibility index (Phi) is 3.20. The molecule has 0 unspecified atom stereocenters. The van der Waals surface area contributed by atoms with E-state index in [2.05, 4.69) is 0 Å². The lowest BCUT2D eigenvalue weighted by molar-refractivity contribution is 0.475. The molecular weight excluding hydrogens is 241 g/mol. The summed E-state index contributed by atoms with van der Waals surface area (Å²) in [6, 6.07) is 9.27. The number of hydrogen-bond donors (Lipinski definition) is 1. The molecule has 17 heavy (non-hydrogen) atoms. The molecule has 2 aromatic carbocycles. The SMILES string of the molecule is Cc1ccc(F)cc1Oc1ccc(Cl)cc1N. The summed E-state index contributed by atoms with van der Waals surface area (Å²) in [6.07, 6.45) is 0. The van der Waals surface area contributed by atoms with Crippen LogP contribution in [0.25, 0.3) is 0 Å². The van der Waals surface area contributed by atoms with Crippen LogP contribution in [0.4, 0.5) is 10.1 Å². The van der Waals surface area contributed by atoms with Crippen molar-refractivity contribution in [2.45, 2.75) is 6.92 Å². The minimum Gasteiger partial charge on any atom is -0.455 e. The van der Waals surface area contributed by atoms with Crippen LogP contribution in [-0.4, -0.2) is 0 Å². The number of hydrogen-bond acceptors (Lipinski definition) is 2. The molecule has 4 heteroatoms. The van der Waals surface area contributed by atoms with E-state index in [0.717, 1.165) is 5.56 Å². The molecule has 0 amide bonds. The highest BCUT2D eigenvalue weighted by molar-refractivity contribution is 6.30. The second-order valence-corrected chi connectivity index (χ2v) is 4.13. The molecule has 2 nitrogen and oxygen atoms in total. The fraction of sp³-hybridized carbons (Fsp3) is 0.0769. The van der Waals surface area contributed by atoms with Crippen LogP contribution < -0.4 is 10.5 Å². The molecule has 0 radical (unpaired) electrons. The molecule has 2 N–H and O–H groups in total. The summed E-state index contributed by atoms with van der Waals surface area (Å²) in [7, 11) is 0. The zero-order chi connectivity index (χ0) is 12.4. The summed E-state index contributed by atoms with van der Waals surface area (Å²) in [5.74, 6) is 0.556. The zero-order valence-electron chi connectivity index (χ0n) is 9.21. The normalized spacial score (nSPS) is 10.3. The fourth-order valence-corrected chi connectivity index (χ4v) is 1.60. The first-order valence-electron chi connectivity index (χ1n) is 5.05. The van der Waals surface area contributed by atoms with Crippen LogP contribution in [0.5, 0.6) is 11.5 Å². The van der Waals surface area contributed by atoms with Crippen molar-refractivity contribution in [3.05, 3.63) is 52.8 Å². The quantitative estimate of drug-likeness (QED) is 0.814. The average molecular weight is 252 g/mol. The Labute approximate surface area is 104 Å². The summed E-state index contributed by atoms with van der Waals surface area (Å²) in [6.45, 7) is 1.83. The number of halogens is 2. The van der Waals surface area contributed by atoms with E-state index in [0.29, 0.717) is 22.2 Å². The van der Waals surface area contributed by atoms with Crippen molar-refractivity contribution < 1.29 is 9.13 Å². The van der Waals surface area contributed by atoms with Crippen LogP contribution >= 0.6 is 11.6 Å². The number of nitrogen functional groups attached to an aromatic ring is 1. The van der Waals surface area contributed by atoms with Crippen molar-refractivity contribution in [1.29, 1.82) is 0 Å². The number of anilines is 1. The third-order valence-corrected chi connectivity index (χ3v) is 2.58. The molecule has 2 aromatic rings. The van der Waals surface area contributed by atoms with Gasteiger partial charge in [0.05, 0.1) is 5.69 Å². The smallest absolute Gasteiger partial charge is 0.150 e. The first kappa shape index (κ1) is 11.7. The number of nitrogens with two attached hydrogens (primary N) is 1. The molecule has 0 aliphatic carbocycles. The molecule has 0 spiro atoms. The van der Waals surface area contributed by atoms with Gasteiger partial charge in [-0.3, -0.25) is 0 Å². The van der Waals surface area contributed by atoms with Crippen molar-refractivity contribution >= 4 is 17.3 Å². The van der Waals surface area contributed by atoms with Crippen LogP contribution in [0.2, 0.25) is 5.02 Å². The second-order valence-electron chi connectivity index (χ2n) is 3.69. The number of benzene rings is 2. The maximum atomic E-state index is 13.1. The van der Waals surface area contributed by atoms with Gasteiger partial charge in [0.2, 0.25) is 0 Å². The van der Waals surface area contributed by atoms with Gasteiger partial charge in [-0.15, -0.1) is 0 Å². The Morgan fingerprint density at radius 1 is 1.12 bits per heavy atom. The van der Waals surface area contributed by atoms with Gasteiger partial charge in [-0.2, -0.15) is 0 Å². The Morgan fingerprint density at radius 2 is 1.88 bits per heavy atom. The third kappa shape index (κ3) is 2.68. The predicted octanol–water partition coefficient (Wildman–Crippen LogP) is 4.16. The van der Waals surface area contributed by atoms with Gasteiger partial charge in [-0.25, -0.2) is 4.39 Å². The number of ether oxygens (including phenoxy) is 1. The van der Waals surface area contributed by atoms with Crippen molar-refractivity contribution in [1.82, 2.24) is 0 Å². The van der Waals surface area contributed by atoms with E-state index in [4.69, 9.17) is 22.1 Å². The van der Waals surface area contributed by atoms with Crippen molar-refractivity contribution in [3.63, 3.8) is 0 Å². The second kappa shape index (κ2) is 4.63. The van der Waals surface area contributed by atoms with Crippen molar-refractivity contribution in [2.24, 2.45) is 0 Å². The number of aryl methyl sites for hydroxylation is 1. The van der Waals surface area contributed by atoms with Gasteiger partial charge in [0.15, 0.2) is 0 Å². The first-order chi connectivity index (χ1) is 8.06. The van der Waals surface area contributed by atoms with Crippen LogP contribution in [0.15, 0.2) is 36.4 Å². The van der Waals surface area contributed by atoms with Crippen molar-refractivity contribution in [2.75, 3.05) is 5.73 Å².